The molecular weight excluding hydrogens is 491 g/mol. The molecule has 1 aromatic carbocycles. The van der Waals surface area contributed by atoms with Crippen LogP contribution < -0.4 is 11.1 Å². The summed E-state index contributed by atoms with van der Waals surface area (Å²) in [6, 6.07) is 11.6. The average molecular weight is 521 g/mol. The van der Waals surface area contributed by atoms with Crippen molar-refractivity contribution in [2.45, 2.75) is 26.0 Å². The first-order valence-electron chi connectivity index (χ1n) is 11.1. The molecule has 4 rings (SSSR count). The second kappa shape index (κ2) is 9.84. The van der Waals surface area contributed by atoms with Crippen molar-refractivity contribution >= 4 is 38.7 Å². The van der Waals surface area contributed by atoms with Gasteiger partial charge in [0.15, 0.2) is 0 Å². The van der Waals surface area contributed by atoms with Gasteiger partial charge in [-0.15, -0.1) is 11.3 Å². The molecule has 8 nitrogen and oxygen atoms in total. The van der Waals surface area contributed by atoms with Crippen molar-refractivity contribution in [3.63, 3.8) is 0 Å². The van der Waals surface area contributed by atoms with Gasteiger partial charge in [0.25, 0.3) is 5.91 Å². The Morgan fingerprint density at radius 2 is 1.94 bits per heavy atom. The Kier molecular flexibility index (Phi) is 7.18. The van der Waals surface area contributed by atoms with Crippen molar-refractivity contribution in [2.75, 3.05) is 29.9 Å². The minimum atomic E-state index is -2.46. The smallest absolute Gasteiger partial charge is 0.251 e. The molecule has 0 unspecified atom stereocenters. The zero-order chi connectivity index (χ0) is 25.4. The molecule has 11 heteroatoms. The van der Waals surface area contributed by atoms with E-state index in [1.807, 2.05) is 12.1 Å². The van der Waals surface area contributed by atoms with Gasteiger partial charge in [-0.25, -0.2) is 9.37 Å². The van der Waals surface area contributed by atoms with Gasteiger partial charge in [-0.05, 0) is 43.7 Å². The average Bonchev–Trinajstić information content (AvgIpc) is 3.18. The highest BCUT2D eigenvalue weighted by Gasteiger charge is 2.23. The van der Waals surface area contributed by atoms with E-state index in [0.717, 1.165) is 5.69 Å². The first-order valence-corrected chi connectivity index (χ1v) is 13.8. The van der Waals surface area contributed by atoms with Crippen LogP contribution >= 0.6 is 21.9 Å². The number of thiophene rings is 1. The molecule has 0 aliphatic carbocycles. The highest BCUT2D eigenvalue weighted by Crippen LogP contribution is 2.41. The van der Waals surface area contributed by atoms with E-state index in [-0.39, 0.29) is 5.56 Å². The molecule has 188 valence electrons. The van der Waals surface area contributed by atoms with E-state index in [2.05, 4.69) is 15.2 Å². The number of hydrogen-bond acceptors (Lipinski definition) is 8. The number of nitrogens with two attached hydrogens (primary N) is 1. The Balaban J connectivity index is 1.55. The second-order valence-electron chi connectivity index (χ2n) is 9.10. The van der Waals surface area contributed by atoms with E-state index in [9.17, 15) is 23.4 Å². The van der Waals surface area contributed by atoms with Crippen molar-refractivity contribution in [1.82, 2.24) is 9.88 Å². The third-order valence-corrected chi connectivity index (χ3v) is 8.60. The van der Waals surface area contributed by atoms with Crippen LogP contribution in [0.3, 0.4) is 0 Å². The number of rotatable bonds is 7. The Hall–Kier alpha value is -2.54. The molecule has 1 saturated heterocycles. The first kappa shape index (κ1) is 25.5. The van der Waals surface area contributed by atoms with E-state index in [1.165, 1.54) is 17.4 Å². The summed E-state index contributed by atoms with van der Waals surface area (Å²) in [5, 5.41) is 13.7. The fourth-order valence-electron chi connectivity index (χ4n) is 3.80. The molecule has 3 aromatic rings. The van der Waals surface area contributed by atoms with Crippen molar-refractivity contribution in [3.8, 4) is 10.4 Å². The van der Waals surface area contributed by atoms with E-state index < -0.39 is 27.9 Å². The highest BCUT2D eigenvalue weighted by atomic mass is 32.3. The SMILES string of the molecule is CC(C)(O)c1ccc(-c2cc(C(N)=O)c(Nc3cccc(CN4CCS(O)(O)CC4)n3)s2)c(F)c1. The lowest BCUT2D eigenvalue weighted by molar-refractivity contribution is 0.0782. The zero-order valence-electron chi connectivity index (χ0n) is 19.5. The summed E-state index contributed by atoms with van der Waals surface area (Å²) in [6.45, 7) is 4.89. The molecule has 1 aliphatic rings. The number of anilines is 2. The van der Waals surface area contributed by atoms with Crippen LogP contribution in [0.1, 0.15) is 35.5 Å². The van der Waals surface area contributed by atoms with Crippen LogP contribution in [-0.4, -0.2) is 54.6 Å². The van der Waals surface area contributed by atoms with Gasteiger partial charge in [0.1, 0.15) is 16.6 Å². The summed E-state index contributed by atoms with van der Waals surface area (Å²) in [4.78, 5) is 19.4. The lowest BCUT2D eigenvalue weighted by atomic mass is 9.96. The van der Waals surface area contributed by atoms with Crippen LogP contribution in [0.15, 0.2) is 42.5 Å². The fraction of sp³-hybridized carbons (Fsp3) is 0.333. The lowest BCUT2D eigenvalue weighted by Gasteiger charge is -2.40. The van der Waals surface area contributed by atoms with Crippen molar-refractivity contribution in [2.24, 2.45) is 5.73 Å². The van der Waals surface area contributed by atoms with Crippen LogP contribution in [0, 0.1) is 5.82 Å². The predicted molar refractivity (Wildman–Crippen MR) is 139 cm³/mol. The van der Waals surface area contributed by atoms with E-state index >= 15 is 0 Å². The van der Waals surface area contributed by atoms with E-state index in [1.54, 1.807) is 38.1 Å². The molecule has 1 amide bonds. The quantitative estimate of drug-likeness (QED) is 0.308. The topological polar surface area (TPSA) is 132 Å². The zero-order valence-corrected chi connectivity index (χ0v) is 21.1. The maximum Gasteiger partial charge on any atom is 0.251 e. The molecule has 0 saturated carbocycles. The summed E-state index contributed by atoms with van der Waals surface area (Å²) in [6.07, 6.45) is 0. The molecule has 6 N–H and O–H groups in total. The van der Waals surface area contributed by atoms with Gasteiger partial charge in [0, 0.05) is 30.1 Å². The number of pyridine rings is 1. The van der Waals surface area contributed by atoms with Gasteiger partial charge >= 0.3 is 0 Å². The number of carbonyl (C=O) groups is 1. The molecule has 0 spiro atoms. The molecule has 0 bridgehead atoms. The maximum absolute atomic E-state index is 14.9. The number of amides is 1. The lowest BCUT2D eigenvalue weighted by Crippen LogP contribution is -2.37. The molecular formula is C24H29FN4O4S2. The van der Waals surface area contributed by atoms with Gasteiger partial charge < -0.3 is 16.2 Å². The number of nitrogens with one attached hydrogen (secondary N) is 1. The number of benzene rings is 1. The Morgan fingerprint density at radius 1 is 1.23 bits per heavy atom. The maximum atomic E-state index is 14.9. The number of carbonyl (C=O) groups excluding carboxylic acids is 1. The van der Waals surface area contributed by atoms with Crippen LogP contribution in [0.2, 0.25) is 0 Å². The third-order valence-electron chi connectivity index (χ3n) is 5.84. The van der Waals surface area contributed by atoms with Crippen LogP contribution in [0.4, 0.5) is 15.2 Å². The minimum absolute atomic E-state index is 0.226. The Labute approximate surface area is 209 Å². The molecule has 35 heavy (non-hydrogen) atoms. The van der Waals surface area contributed by atoms with Gasteiger partial charge in [-0.3, -0.25) is 18.8 Å². The number of primary amides is 1. The van der Waals surface area contributed by atoms with E-state index in [0.29, 0.717) is 58.0 Å². The van der Waals surface area contributed by atoms with Gasteiger partial charge in [0.2, 0.25) is 0 Å². The summed E-state index contributed by atoms with van der Waals surface area (Å²) < 4.78 is 34.5. The minimum Gasteiger partial charge on any atom is -0.386 e. The summed E-state index contributed by atoms with van der Waals surface area (Å²) in [5.41, 5.74) is 6.18. The number of hydrogen-bond donors (Lipinski definition) is 5. The molecule has 1 fully saturated rings. The monoisotopic (exact) mass is 520 g/mol. The standard InChI is InChI=1S/C24H29FN4O4S2/c1-24(2,31)15-6-7-17(19(25)12-15)20-13-18(22(26)30)23(34-20)28-21-5-3-4-16(27-21)14-29-8-10-35(32,33)11-9-29/h3-7,12-13,31-33H,8-11,14H2,1-2H3,(H2,26,30)(H,27,28). The summed E-state index contributed by atoms with van der Waals surface area (Å²) in [7, 11) is -2.46. The molecule has 0 atom stereocenters. The molecule has 0 radical (unpaired) electrons. The van der Waals surface area contributed by atoms with Gasteiger partial charge in [-0.1, -0.05) is 18.2 Å². The highest BCUT2D eigenvalue weighted by molar-refractivity contribution is 8.24. The van der Waals surface area contributed by atoms with Crippen molar-refractivity contribution in [3.05, 3.63) is 65.1 Å². The van der Waals surface area contributed by atoms with Crippen LogP contribution in [0.5, 0.6) is 0 Å². The summed E-state index contributed by atoms with van der Waals surface area (Å²) in [5.74, 6) is 0.0763. The number of aromatic nitrogens is 1. The van der Waals surface area contributed by atoms with Crippen LogP contribution in [-0.2, 0) is 12.1 Å². The first-order chi connectivity index (χ1) is 16.4. The largest absolute Gasteiger partial charge is 0.386 e. The molecule has 1 aliphatic heterocycles. The molecule has 3 heterocycles. The van der Waals surface area contributed by atoms with Crippen LogP contribution in [0.25, 0.3) is 10.4 Å². The third kappa shape index (κ3) is 6.18. The predicted octanol–water partition coefficient (Wildman–Crippen LogP) is 4.59. The van der Waals surface area contributed by atoms with Crippen molar-refractivity contribution < 1.29 is 23.4 Å². The van der Waals surface area contributed by atoms with E-state index in [4.69, 9.17) is 5.73 Å². The Morgan fingerprint density at radius 3 is 2.57 bits per heavy atom. The Bertz CT molecular complexity index is 1230. The second-order valence-corrected chi connectivity index (χ2v) is 12.6. The number of halogens is 1. The molecule has 2 aromatic heterocycles. The van der Waals surface area contributed by atoms with Gasteiger partial charge in [0.05, 0.1) is 28.4 Å². The number of nitrogens with zero attached hydrogens (tertiary/aromatic N) is 2. The van der Waals surface area contributed by atoms with Gasteiger partial charge in [-0.2, -0.15) is 10.6 Å². The fourth-order valence-corrected chi connectivity index (χ4v) is 6.20. The summed E-state index contributed by atoms with van der Waals surface area (Å²) >= 11 is 1.19. The number of aliphatic hydroxyl groups is 1. The normalized spacial score (nSPS) is 17.2. The van der Waals surface area contributed by atoms with Crippen molar-refractivity contribution in [1.29, 1.82) is 0 Å².